The predicted molar refractivity (Wildman–Crippen MR) is 74.8 cm³/mol. The highest BCUT2D eigenvalue weighted by Gasteiger charge is 2.19. The number of aromatic nitrogens is 1. The van der Waals surface area contributed by atoms with Crippen LogP contribution < -0.4 is 5.56 Å². The number of aryl methyl sites for hydroxylation is 1. The molecule has 1 aromatic heterocycles. The first-order valence-corrected chi connectivity index (χ1v) is 7.28. The van der Waals surface area contributed by atoms with Gasteiger partial charge in [0.1, 0.15) is 0 Å². The van der Waals surface area contributed by atoms with E-state index in [4.69, 9.17) is 0 Å². The van der Waals surface area contributed by atoms with E-state index in [1.54, 1.807) is 30.2 Å². The van der Waals surface area contributed by atoms with Crippen molar-refractivity contribution in [3.63, 3.8) is 0 Å². The monoisotopic (exact) mass is 269 g/mol. The van der Waals surface area contributed by atoms with Crippen LogP contribution in [-0.2, 0) is 0 Å². The smallest absolute Gasteiger partial charge is 0.337 e. The van der Waals surface area contributed by atoms with Crippen LogP contribution >= 0.6 is 11.8 Å². The number of hydrogen-bond donors (Lipinski definition) is 1. The Morgan fingerprint density at radius 2 is 2.11 bits per heavy atom. The van der Waals surface area contributed by atoms with Crippen LogP contribution in [0.25, 0.3) is 0 Å². The van der Waals surface area contributed by atoms with Crippen molar-refractivity contribution in [2.24, 2.45) is 0 Å². The van der Waals surface area contributed by atoms with E-state index in [0.717, 1.165) is 12.2 Å². The van der Waals surface area contributed by atoms with Crippen LogP contribution in [0.3, 0.4) is 0 Å². The van der Waals surface area contributed by atoms with Crippen molar-refractivity contribution >= 4 is 17.7 Å². The Morgan fingerprint density at radius 3 is 2.56 bits per heavy atom. The molecular formula is C13H19NO3S. The van der Waals surface area contributed by atoms with Crippen molar-refractivity contribution in [2.75, 3.05) is 12.0 Å². The molecule has 0 bridgehead atoms. The minimum Gasteiger partial charge on any atom is -0.478 e. The summed E-state index contributed by atoms with van der Waals surface area (Å²) in [6.07, 6.45) is 2.79. The van der Waals surface area contributed by atoms with Gasteiger partial charge in [0, 0.05) is 23.6 Å². The minimum absolute atomic E-state index is 0.0474. The third kappa shape index (κ3) is 2.77. The molecular weight excluding hydrogens is 250 g/mol. The number of carbonyl (C=O) groups is 1. The summed E-state index contributed by atoms with van der Waals surface area (Å²) < 4.78 is 1.62. The van der Waals surface area contributed by atoms with E-state index < -0.39 is 5.97 Å². The summed E-state index contributed by atoms with van der Waals surface area (Å²) in [7, 11) is 0. The zero-order valence-corrected chi connectivity index (χ0v) is 12.0. The maximum absolute atomic E-state index is 12.1. The van der Waals surface area contributed by atoms with Gasteiger partial charge >= 0.3 is 5.97 Å². The lowest BCUT2D eigenvalue weighted by Crippen LogP contribution is -2.30. The number of thioether (sulfide) groups is 1. The highest BCUT2D eigenvalue weighted by molar-refractivity contribution is 7.98. The van der Waals surface area contributed by atoms with Crippen molar-refractivity contribution in [1.29, 1.82) is 0 Å². The molecule has 18 heavy (non-hydrogen) atoms. The van der Waals surface area contributed by atoms with Crippen LogP contribution in [0.1, 0.15) is 41.0 Å². The molecule has 0 saturated heterocycles. The largest absolute Gasteiger partial charge is 0.478 e. The van der Waals surface area contributed by atoms with Gasteiger partial charge in [-0.15, -0.1) is 0 Å². The van der Waals surface area contributed by atoms with Crippen LogP contribution in [0.5, 0.6) is 0 Å². The topological polar surface area (TPSA) is 59.3 Å². The first-order chi connectivity index (χ1) is 8.43. The van der Waals surface area contributed by atoms with Crippen LogP contribution in [0.2, 0.25) is 0 Å². The van der Waals surface area contributed by atoms with E-state index >= 15 is 0 Å². The number of carboxylic acid groups (broad SMARTS) is 1. The van der Waals surface area contributed by atoms with E-state index in [1.165, 1.54) is 6.07 Å². The van der Waals surface area contributed by atoms with Crippen LogP contribution in [0.4, 0.5) is 0 Å². The lowest BCUT2D eigenvalue weighted by Gasteiger charge is -2.22. The van der Waals surface area contributed by atoms with Crippen LogP contribution in [-0.4, -0.2) is 27.7 Å². The van der Waals surface area contributed by atoms with Crippen LogP contribution in [0.15, 0.2) is 10.9 Å². The molecule has 5 heteroatoms. The molecule has 1 N–H and O–H groups in total. The normalized spacial score (nSPS) is 12.4. The molecule has 0 spiro atoms. The molecule has 0 aliphatic carbocycles. The number of aromatic carboxylic acids is 1. The van der Waals surface area contributed by atoms with E-state index in [2.05, 4.69) is 0 Å². The molecule has 0 aliphatic rings. The Labute approximate surface area is 111 Å². The van der Waals surface area contributed by atoms with E-state index in [9.17, 15) is 14.7 Å². The Kier molecular flexibility index (Phi) is 5.02. The molecule has 0 saturated carbocycles. The van der Waals surface area contributed by atoms with Crippen molar-refractivity contribution in [1.82, 2.24) is 4.57 Å². The molecule has 0 amide bonds. The molecule has 0 fully saturated rings. The molecule has 1 unspecified atom stereocenters. The second-order valence-corrected chi connectivity index (χ2v) is 5.23. The molecule has 1 aromatic rings. The fourth-order valence-corrected chi connectivity index (χ4v) is 3.01. The zero-order valence-electron chi connectivity index (χ0n) is 11.2. The van der Waals surface area contributed by atoms with Gasteiger partial charge < -0.3 is 9.67 Å². The fraction of sp³-hybridized carbons (Fsp3) is 0.538. The Hall–Kier alpha value is -1.23. The third-order valence-corrected chi connectivity index (χ3v) is 3.82. The maximum Gasteiger partial charge on any atom is 0.337 e. The molecule has 100 valence electrons. The summed E-state index contributed by atoms with van der Waals surface area (Å²) in [6.45, 7) is 5.38. The van der Waals surface area contributed by atoms with Gasteiger partial charge in [-0.1, -0.05) is 6.92 Å². The summed E-state index contributed by atoms with van der Waals surface area (Å²) in [4.78, 5) is 23.3. The van der Waals surface area contributed by atoms with Gasteiger partial charge in [-0.05, 0) is 32.1 Å². The third-order valence-electron chi connectivity index (χ3n) is 3.10. The standard InChI is InChI=1S/C13H19NO3S/c1-5-10(7-18-4)14-9(3)12(13(16)17)8(2)6-11(14)15/h6,10H,5,7H2,1-4H3,(H,16,17). The molecule has 0 aliphatic heterocycles. The Bertz CT molecular complexity index is 508. The van der Waals surface area contributed by atoms with Crippen LogP contribution in [0, 0.1) is 13.8 Å². The lowest BCUT2D eigenvalue weighted by atomic mass is 10.1. The molecule has 1 rings (SSSR count). The molecule has 1 atom stereocenters. The number of hydrogen-bond acceptors (Lipinski definition) is 3. The zero-order chi connectivity index (χ0) is 13.9. The highest BCUT2D eigenvalue weighted by Crippen LogP contribution is 2.20. The predicted octanol–water partition coefficient (Wildman–Crippen LogP) is 2.48. The lowest BCUT2D eigenvalue weighted by molar-refractivity contribution is 0.0694. The van der Waals surface area contributed by atoms with E-state index in [-0.39, 0.29) is 17.2 Å². The number of rotatable bonds is 5. The number of nitrogens with zero attached hydrogens (tertiary/aromatic N) is 1. The molecule has 0 aromatic carbocycles. The number of pyridine rings is 1. The van der Waals surface area contributed by atoms with Crippen molar-refractivity contribution in [2.45, 2.75) is 33.2 Å². The highest BCUT2D eigenvalue weighted by atomic mass is 32.2. The van der Waals surface area contributed by atoms with Gasteiger partial charge in [-0.25, -0.2) is 4.79 Å². The average Bonchev–Trinajstić information content (AvgIpc) is 2.26. The summed E-state index contributed by atoms with van der Waals surface area (Å²) in [5, 5.41) is 9.23. The maximum atomic E-state index is 12.1. The fourth-order valence-electron chi connectivity index (χ4n) is 2.24. The summed E-state index contributed by atoms with van der Waals surface area (Å²) in [5.74, 6) is -0.169. The minimum atomic E-state index is -0.974. The second kappa shape index (κ2) is 6.09. The SMILES string of the molecule is CCC(CSC)n1c(C)c(C(=O)O)c(C)cc1=O. The Balaban J connectivity index is 3.48. The van der Waals surface area contributed by atoms with Crippen molar-refractivity contribution < 1.29 is 9.90 Å². The van der Waals surface area contributed by atoms with Gasteiger partial charge in [-0.3, -0.25) is 4.79 Å². The Morgan fingerprint density at radius 1 is 1.50 bits per heavy atom. The summed E-state index contributed by atoms with van der Waals surface area (Å²) in [5.41, 5.74) is 1.21. The van der Waals surface area contributed by atoms with Gasteiger partial charge in [0.15, 0.2) is 0 Å². The second-order valence-electron chi connectivity index (χ2n) is 4.32. The van der Waals surface area contributed by atoms with Gasteiger partial charge in [0.2, 0.25) is 0 Å². The molecule has 1 heterocycles. The first-order valence-electron chi connectivity index (χ1n) is 5.89. The van der Waals surface area contributed by atoms with Crippen molar-refractivity contribution in [3.05, 3.63) is 33.2 Å². The van der Waals surface area contributed by atoms with Crippen molar-refractivity contribution in [3.8, 4) is 0 Å². The average molecular weight is 269 g/mol. The van der Waals surface area contributed by atoms with E-state index in [1.807, 2.05) is 13.2 Å². The quantitative estimate of drug-likeness (QED) is 0.892. The summed E-state index contributed by atoms with van der Waals surface area (Å²) >= 11 is 1.66. The van der Waals surface area contributed by atoms with Gasteiger partial charge in [0.25, 0.3) is 5.56 Å². The first kappa shape index (κ1) is 14.8. The molecule has 0 radical (unpaired) electrons. The number of carboxylic acids is 1. The molecule has 4 nitrogen and oxygen atoms in total. The summed E-state index contributed by atoms with van der Waals surface area (Å²) in [6, 6.07) is 1.46. The van der Waals surface area contributed by atoms with Gasteiger partial charge in [-0.2, -0.15) is 11.8 Å². The van der Waals surface area contributed by atoms with E-state index in [0.29, 0.717) is 11.3 Å². The van der Waals surface area contributed by atoms with Gasteiger partial charge in [0.05, 0.1) is 5.56 Å².